The Kier molecular flexibility index (Phi) is 2.44. The molecule has 0 atom stereocenters. The molecule has 1 aliphatic rings. The van der Waals surface area contributed by atoms with Gasteiger partial charge in [0.2, 0.25) is 5.91 Å². The van der Waals surface area contributed by atoms with Gasteiger partial charge < -0.3 is 9.73 Å². The summed E-state index contributed by atoms with van der Waals surface area (Å²) in [4.78, 5) is 24.3. The van der Waals surface area contributed by atoms with Crippen molar-refractivity contribution in [3.8, 4) is 0 Å². The van der Waals surface area contributed by atoms with Crippen LogP contribution < -0.4 is 10.9 Å². The van der Waals surface area contributed by atoms with E-state index in [4.69, 9.17) is 4.42 Å². The molecule has 0 bridgehead atoms. The van der Waals surface area contributed by atoms with Gasteiger partial charge in [-0.05, 0) is 19.8 Å². The van der Waals surface area contributed by atoms with Crippen LogP contribution in [0.25, 0.3) is 16.6 Å². The molecule has 3 heterocycles. The Morgan fingerprint density at radius 1 is 1.48 bits per heavy atom. The second kappa shape index (κ2) is 4.21. The third-order valence-corrected chi connectivity index (χ3v) is 3.70. The van der Waals surface area contributed by atoms with Gasteiger partial charge in [-0.25, -0.2) is 4.68 Å². The molecule has 1 N–H and O–H groups in total. The average molecular weight is 286 g/mol. The summed E-state index contributed by atoms with van der Waals surface area (Å²) in [6, 6.07) is 3.75. The van der Waals surface area contributed by atoms with Crippen LogP contribution in [0.2, 0.25) is 0 Å². The van der Waals surface area contributed by atoms with E-state index in [9.17, 15) is 9.59 Å². The van der Waals surface area contributed by atoms with E-state index in [0.717, 1.165) is 18.4 Å². The van der Waals surface area contributed by atoms with E-state index in [1.807, 2.05) is 0 Å². The van der Waals surface area contributed by atoms with Crippen LogP contribution in [0.4, 0.5) is 0 Å². The summed E-state index contributed by atoms with van der Waals surface area (Å²) < 4.78 is 8.27. The Hall–Kier alpha value is -2.57. The number of nitrogens with zero attached hydrogens (tertiary/aromatic N) is 3. The zero-order valence-electron chi connectivity index (χ0n) is 11.5. The van der Waals surface area contributed by atoms with Crippen molar-refractivity contribution in [2.45, 2.75) is 32.4 Å². The molecule has 3 aromatic heterocycles. The van der Waals surface area contributed by atoms with Crippen LogP contribution in [0.1, 0.15) is 18.7 Å². The van der Waals surface area contributed by atoms with E-state index in [2.05, 4.69) is 10.4 Å². The van der Waals surface area contributed by atoms with Crippen LogP contribution in [0.3, 0.4) is 0 Å². The number of rotatable bonds is 3. The first-order valence-electron chi connectivity index (χ1n) is 6.89. The quantitative estimate of drug-likeness (QED) is 0.773. The first-order valence-corrected chi connectivity index (χ1v) is 6.89. The summed E-state index contributed by atoms with van der Waals surface area (Å²) in [5, 5.41) is 7.09. The first kappa shape index (κ1) is 12.2. The highest BCUT2D eigenvalue weighted by Crippen LogP contribution is 2.20. The summed E-state index contributed by atoms with van der Waals surface area (Å²) >= 11 is 0. The van der Waals surface area contributed by atoms with E-state index in [1.165, 1.54) is 4.68 Å². The number of furan rings is 1. The predicted molar refractivity (Wildman–Crippen MR) is 75.1 cm³/mol. The maximum absolute atomic E-state index is 12.4. The largest absolute Gasteiger partial charge is 0.463 e. The molecule has 0 aromatic carbocycles. The van der Waals surface area contributed by atoms with Gasteiger partial charge in [-0.15, -0.1) is 0 Å². The number of amides is 1. The minimum Gasteiger partial charge on any atom is -0.463 e. The van der Waals surface area contributed by atoms with Crippen molar-refractivity contribution in [2.75, 3.05) is 0 Å². The molecule has 21 heavy (non-hydrogen) atoms. The van der Waals surface area contributed by atoms with Crippen molar-refractivity contribution in [2.24, 2.45) is 0 Å². The fraction of sp³-hybridized carbons (Fsp3) is 0.357. The SMILES string of the molecule is Cc1nn(CC(=O)NC2CC2)c(=O)c2cc3occc3n12. The van der Waals surface area contributed by atoms with Crippen molar-refractivity contribution >= 4 is 22.5 Å². The highest BCUT2D eigenvalue weighted by atomic mass is 16.3. The molecule has 108 valence electrons. The van der Waals surface area contributed by atoms with Crippen molar-refractivity contribution in [1.82, 2.24) is 19.5 Å². The highest BCUT2D eigenvalue weighted by molar-refractivity contribution is 5.82. The minimum absolute atomic E-state index is 0.0563. The second-order valence-electron chi connectivity index (χ2n) is 5.39. The molecule has 0 radical (unpaired) electrons. The maximum atomic E-state index is 12.4. The lowest BCUT2D eigenvalue weighted by atomic mass is 10.5. The third-order valence-electron chi connectivity index (χ3n) is 3.70. The van der Waals surface area contributed by atoms with Gasteiger partial charge in [0, 0.05) is 18.2 Å². The van der Waals surface area contributed by atoms with Crippen LogP contribution in [0, 0.1) is 6.92 Å². The van der Waals surface area contributed by atoms with Crippen LogP contribution in [0.15, 0.2) is 27.6 Å². The number of fused-ring (bicyclic) bond motifs is 3. The Morgan fingerprint density at radius 2 is 2.29 bits per heavy atom. The molecule has 1 fully saturated rings. The van der Waals surface area contributed by atoms with Crippen molar-refractivity contribution in [3.63, 3.8) is 0 Å². The van der Waals surface area contributed by atoms with Gasteiger partial charge >= 0.3 is 0 Å². The Balaban J connectivity index is 1.80. The van der Waals surface area contributed by atoms with Gasteiger partial charge in [0.05, 0.1) is 11.8 Å². The van der Waals surface area contributed by atoms with Crippen LogP contribution in [0.5, 0.6) is 0 Å². The Labute approximate surface area is 119 Å². The standard InChI is InChI=1S/C14H14N4O3/c1-8-16-17(7-13(19)15-9-2-3-9)14(20)11-6-12-10(18(8)11)4-5-21-12/h4-6,9H,2-3,7H2,1H3,(H,15,19). The minimum atomic E-state index is -0.294. The fourth-order valence-corrected chi connectivity index (χ4v) is 2.57. The Bertz CT molecular complexity index is 913. The van der Waals surface area contributed by atoms with Crippen molar-refractivity contribution in [3.05, 3.63) is 34.6 Å². The number of nitrogens with one attached hydrogen (secondary N) is 1. The van der Waals surface area contributed by atoms with Crippen LogP contribution >= 0.6 is 0 Å². The summed E-state index contributed by atoms with van der Waals surface area (Å²) in [5.74, 6) is 0.464. The summed E-state index contributed by atoms with van der Waals surface area (Å²) in [5.41, 5.74) is 1.62. The lowest BCUT2D eigenvalue weighted by Crippen LogP contribution is -2.35. The zero-order chi connectivity index (χ0) is 14.6. The molecule has 0 spiro atoms. The van der Waals surface area contributed by atoms with E-state index in [-0.39, 0.29) is 24.1 Å². The fourth-order valence-electron chi connectivity index (χ4n) is 2.57. The average Bonchev–Trinajstić information content (AvgIpc) is 2.99. The number of carbonyl (C=O) groups is 1. The van der Waals surface area contributed by atoms with Crippen LogP contribution in [-0.4, -0.2) is 26.1 Å². The lowest BCUT2D eigenvalue weighted by Gasteiger charge is -2.08. The molecule has 0 aliphatic heterocycles. The molecule has 1 saturated carbocycles. The van der Waals surface area contributed by atoms with Crippen LogP contribution in [-0.2, 0) is 11.3 Å². The van der Waals surface area contributed by atoms with Gasteiger partial charge in [0.15, 0.2) is 5.58 Å². The molecule has 0 unspecified atom stereocenters. The first-order chi connectivity index (χ1) is 10.1. The van der Waals surface area contributed by atoms with Crippen molar-refractivity contribution in [1.29, 1.82) is 0 Å². The number of aromatic nitrogens is 3. The highest BCUT2D eigenvalue weighted by Gasteiger charge is 2.24. The molecular weight excluding hydrogens is 272 g/mol. The molecule has 3 aromatic rings. The molecule has 7 heteroatoms. The van der Waals surface area contributed by atoms with E-state index >= 15 is 0 Å². The van der Waals surface area contributed by atoms with Gasteiger partial charge in [-0.3, -0.25) is 14.0 Å². The molecular formula is C14H14N4O3. The zero-order valence-corrected chi connectivity index (χ0v) is 11.5. The second-order valence-corrected chi connectivity index (χ2v) is 5.39. The van der Waals surface area contributed by atoms with E-state index < -0.39 is 0 Å². The van der Waals surface area contributed by atoms with Gasteiger partial charge in [0.25, 0.3) is 5.56 Å². The lowest BCUT2D eigenvalue weighted by molar-refractivity contribution is -0.122. The topological polar surface area (TPSA) is 81.5 Å². The monoisotopic (exact) mass is 286 g/mol. The normalized spacial score (nSPS) is 14.9. The third kappa shape index (κ3) is 1.93. The molecule has 1 amide bonds. The molecule has 4 rings (SSSR count). The maximum Gasteiger partial charge on any atom is 0.291 e. The molecule has 0 saturated heterocycles. The number of aryl methyl sites for hydroxylation is 1. The van der Waals surface area contributed by atoms with E-state index in [1.54, 1.807) is 29.7 Å². The van der Waals surface area contributed by atoms with Crippen molar-refractivity contribution < 1.29 is 9.21 Å². The summed E-state index contributed by atoms with van der Waals surface area (Å²) in [7, 11) is 0. The number of hydrogen-bond donors (Lipinski definition) is 1. The number of hydrogen-bond acceptors (Lipinski definition) is 4. The molecule has 1 aliphatic carbocycles. The van der Waals surface area contributed by atoms with Gasteiger partial charge in [-0.1, -0.05) is 0 Å². The smallest absolute Gasteiger partial charge is 0.291 e. The molecule has 7 nitrogen and oxygen atoms in total. The predicted octanol–water partition coefficient (Wildman–Crippen LogP) is 0.829. The van der Waals surface area contributed by atoms with Gasteiger partial charge in [0.1, 0.15) is 17.9 Å². The number of carbonyl (C=O) groups excluding carboxylic acids is 1. The summed E-state index contributed by atoms with van der Waals surface area (Å²) in [6.45, 7) is 1.74. The summed E-state index contributed by atoms with van der Waals surface area (Å²) in [6.07, 6.45) is 3.60. The van der Waals surface area contributed by atoms with E-state index in [0.29, 0.717) is 16.9 Å². The van der Waals surface area contributed by atoms with Gasteiger partial charge in [-0.2, -0.15) is 5.10 Å². The Morgan fingerprint density at radius 3 is 3.05 bits per heavy atom.